The normalized spacial score (nSPS) is 19.6. The van der Waals surface area contributed by atoms with Crippen molar-refractivity contribution in [3.05, 3.63) is 17.8 Å². The molecule has 1 aromatic rings. The van der Waals surface area contributed by atoms with Crippen molar-refractivity contribution in [1.82, 2.24) is 4.98 Å². The van der Waals surface area contributed by atoms with Crippen molar-refractivity contribution >= 4 is 24.4 Å². The molecule has 0 unspecified atom stereocenters. The van der Waals surface area contributed by atoms with Gasteiger partial charge in [-0.2, -0.15) is 0 Å². The Labute approximate surface area is 125 Å². The quantitative estimate of drug-likeness (QED) is 0.664. The molecule has 2 heterocycles. The SMILES string of the molecule is CCOC(=O)c1cnc(N)c(B2OC(C)(C)C(C)(C)O2)c1. The van der Waals surface area contributed by atoms with Crippen LogP contribution in [0.25, 0.3) is 0 Å². The number of esters is 1. The van der Waals surface area contributed by atoms with Crippen LogP contribution in [0.1, 0.15) is 45.0 Å². The summed E-state index contributed by atoms with van der Waals surface area (Å²) in [4.78, 5) is 15.8. The number of ether oxygens (including phenoxy) is 1. The molecule has 6 nitrogen and oxygen atoms in total. The number of hydrogen-bond acceptors (Lipinski definition) is 6. The molecule has 0 saturated carbocycles. The van der Waals surface area contributed by atoms with E-state index in [4.69, 9.17) is 19.8 Å². The van der Waals surface area contributed by atoms with Gasteiger partial charge in [-0.1, -0.05) is 0 Å². The van der Waals surface area contributed by atoms with E-state index in [0.717, 1.165) is 0 Å². The van der Waals surface area contributed by atoms with E-state index in [-0.39, 0.29) is 5.82 Å². The summed E-state index contributed by atoms with van der Waals surface area (Å²) in [5, 5.41) is 0. The van der Waals surface area contributed by atoms with Gasteiger partial charge in [-0.15, -0.1) is 0 Å². The third kappa shape index (κ3) is 2.89. The molecule has 0 atom stereocenters. The third-order valence-corrected chi connectivity index (χ3v) is 3.97. The zero-order valence-corrected chi connectivity index (χ0v) is 13.1. The summed E-state index contributed by atoms with van der Waals surface area (Å²) in [7, 11) is -0.656. The molecule has 0 aliphatic carbocycles. The molecule has 0 spiro atoms. The van der Waals surface area contributed by atoms with Crippen molar-refractivity contribution in [2.75, 3.05) is 12.3 Å². The van der Waals surface area contributed by atoms with Crippen LogP contribution in [0.2, 0.25) is 0 Å². The van der Waals surface area contributed by atoms with E-state index in [0.29, 0.717) is 17.6 Å². The Kier molecular flexibility index (Phi) is 3.99. The molecule has 2 N–H and O–H groups in total. The van der Waals surface area contributed by atoms with Gasteiger partial charge in [0.2, 0.25) is 0 Å². The fourth-order valence-electron chi connectivity index (χ4n) is 1.98. The van der Waals surface area contributed by atoms with Gasteiger partial charge >= 0.3 is 13.1 Å². The van der Waals surface area contributed by atoms with Crippen molar-refractivity contribution in [3.63, 3.8) is 0 Å². The average molecular weight is 292 g/mol. The summed E-state index contributed by atoms with van der Waals surface area (Å²) in [5.41, 5.74) is 5.80. The zero-order valence-electron chi connectivity index (χ0n) is 13.1. The Morgan fingerprint density at radius 1 is 1.33 bits per heavy atom. The summed E-state index contributed by atoms with van der Waals surface area (Å²) in [6.07, 6.45) is 1.39. The van der Waals surface area contributed by atoms with E-state index in [1.165, 1.54) is 6.20 Å². The number of rotatable bonds is 3. The lowest BCUT2D eigenvalue weighted by Gasteiger charge is -2.32. The number of nitrogens with two attached hydrogens (primary N) is 1. The predicted molar refractivity (Wildman–Crippen MR) is 80.3 cm³/mol. The highest BCUT2D eigenvalue weighted by Crippen LogP contribution is 2.36. The summed E-state index contributed by atoms with van der Waals surface area (Å²) in [6.45, 7) is 9.85. The summed E-state index contributed by atoms with van der Waals surface area (Å²) >= 11 is 0. The predicted octanol–water partition coefficient (Wildman–Crippen LogP) is 1.14. The van der Waals surface area contributed by atoms with Crippen LogP contribution >= 0.6 is 0 Å². The molecule has 1 saturated heterocycles. The Balaban J connectivity index is 2.33. The van der Waals surface area contributed by atoms with Gasteiger partial charge in [0, 0.05) is 11.7 Å². The molecule has 1 aliphatic rings. The second kappa shape index (κ2) is 5.31. The number of nitrogens with zero attached hydrogens (tertiary/aromatic N) is 1. The molecule has 1 aromatic heterocycles. The minimum atomic E-state index is -0.656. The first-order valence-electron chi connectivity index (χ1n) is 6.96. The molecule has 0 amide bonds. The van der Waals surface area contributed by atoms with E-state index >= 15 is 0 Å². The Hall–Kier alpha value is -1.60. The highest BCUT2D eigenvalue weighted by atomic mass is 16.7. The van der Waals surface area contributed by atoms with Crippen LogP contribution in [0.15, 0.2) is 12.3 Å². The minimum Gasteiger partial charge on any atom is -0.462 e. The first kappa shape index (κ1) is 15.8. The van der Waals surface area contributed by atoms with Crippen molar-refractivity contribution in [2.24, 2.45) is 0 Å². The smallest absolute Gasteiger partial charge is 0.462 e. The van der Waals surface area contributed by atoms with Crippen molar-refractivity contribution in [1.29, 1.82) is 0 Å². The van der Waals surface area contributed by atoms with Crippen molar-refractivity contribution < 1.29 is 18.8 Å². The average Bonchev–Trinajstić information content (AvgIpc) is 2.59. The second-order valence-electron chi connectivity index (χ2n) is 6.01. The molecule has 1 aliphatic heterocycles. The molecular weight excluding hydrogens is 271 g/mol. The number of nitrogen functional groups attached to an aromatic ring is 1. The maximum absolute atomic E-state index is 11.8. The van der Waals surface area contributed by atoms with Gasteiger partial charge in [0.15, 0.2) is 0 Å². The molecule has 1 fully saturated rings. The molecule has 0 aromatic carbocycles. The summed E-state index contributed by atoms with van der Waals surface area (Å²) in [5.74, 6) is -0.163. The monoisotopic (exact) mass is 292 g/mol. The van der Waals surface area contributed by atoms with Crippen molar-refractivity contribution in [3.8, 4) is 0 Å². The van der Waals surface area contributed by atoms with Crippen molar-refractivity contribution in [2.45, 2.75) is 45.8 Å². The van der Waals surface area contributed by atoms with Gasteiger partial charge < -0.3 is 19.8 Å². The van der Waals surface area contributed by atoms with Gasteiger partial charge in [-0.05, 0) is 40.7 Å². The lowest BCUT2D eigenvalue weighted by atomic mass is 9.78. The van der Waals surface area contributed by atoms with Gasteiger partial charge in [-0.25, -0.2) is 9.78 Å². The fraction of sp³-hybridized carbons (Fsp3) is 0.571. The largest absolute Gasteiger partial charge is 0.498 e. The van der Waals surface area contributed by atoms with E-state index < -0.39 is 24.3 Å². The standard InChI is InChI=1S/C14H21BN2O4/c1-6-19-12(18)9-7-10(11(16)17-8-9)15-20-13(2,3)14(4,5)21-15/h7-8H,6H2,1-5H3,(H2,16,17). The Morgan fingerprint density at radius 2 is 1.90 bits per heavy atom. The first-order valence-corrected chi connectivity index (χ1v) is 6.96. The van der Waals surface area contributed by atoms with E-state index in [1.807, 2.05) is 27.7 Å². The second-order valence-corrected chi connectivity index (χ2v) is 6.01. The topological polar surface area (TPSA) is 83.7 Å². The van der Waals surface area contributed by atoms with Crippen LogP contribution in [0.5, 0.6) is 0 Å². The van der Waals surface area contributed by atoms with E-state index in [9.17, 15) is 4.79 Å². The van der Waals surface area contributed by atoms with E-state index in [2.05, 4.69) is 4.98 Å². The van der Waals surface area contributed by atoms with Crippen LogP contribution in [-0.2, 0) is 14.0 Å². The lowest BCUT2D eigenvalue weighted by Crippen LogP contribution is -2.41. The fourth-order valence-corrected chi connectivity index (χ4v) is 1.98. The maximum atomic E-state index is 11.8. The number of aromatic nitrogens is 1. The molecular formula is C14H21BN2O4. The number of anilines is 1. The molecule has 0 radical (unpaired) electrons. The van der Waals surface area contributed by atoms with Crippen LogP contribution in [-0.4, -0.2) is 35.9 Å². The molecule has 21 heavy (non-hydrogen) atoms. The molecule has 7 heteroatoms. The first-order chi connectivity index (χ1) is 9.68. The van der Waals surface area contributed by atoms with Crippen LogP contribution in [0, 0.1) is 0 Å². The van der Waals surface area contributed by atoms with Crippen LogP contribution in [0.3, 0.4) is 0 Å². The molecule has 0 bridgehead atoms. The highest BCUT2D eigenvalue weighted by molar-refractivity contribution is 6.63. The Morgan fingerprint density at radius 3 is 2.43 bits per heavy atom. The number of carbonyl (C=O) groups is 1. The van der Waals surface area contributed by atoms with E-state index in [1.54, 1.807) is 13.0 Å². The van der Waals surface area contributed by atoms with Gasteiger partial charge in [0.1, 0.15) is 5.82 Å². The Bertz CT molecular complexity index is 544. The zero-order chi connectivity index (χ0) is 15.8. The maximum Gasteiger partial charge on any atom is 0.498 e. The highest BCUT2D eigenvalue weighted by Gasteiger charge is 2.52. The van der Waals surface area contributed by atoms with Gasteiger partial charge in [0.05, 0.1) is 23.4 Å². The summed E-state index contributed by atoms with van der Waals surface area (Å²) < 4.78 is 16.8. The van der Waals surface area contributed by atoms with Gasteiger partial charge in [-0.3, -0.25) is 0 Å². The number of hydrogen-bond donors (Lipinski definition) is 1. The molecule has 114 valence electrons. The lowest BCUT2D eigenvalue weighted by molar-refractivity contribution is 0.00578. The van der Waals surface area contributed by atoms with Gasteiger partial charge in [0.25, 0.3) is 0 Å². The third-order valence-electron chi connectivity index (χ3n) is 3.97. The number of carbonyl (C=O) groups excluding carboxylic acids is 1. The summed E-state index contributed by atoms with van der Waals surface area (Å²) in [6, 6.07) is 1.61. The minimum absolute atomic E-state index is 0.279. The van der Waals surface area contributed by atoms with Crippen LogP contribution in [0.4, 0.5) is 5.82 Å². The van der Waals surface area contributed by atoms with Crippen LogP contribution < -0.4 is 11.2 Å². The number of pyridine rings is 1. The molecule has 2 rings (SSSR count).